The number of nitrogens with zero attached hydrogens (tertiary/aromatic N) is 4. The summed E-state index contributed by atoms with van der Waals surface area (Å²) < 4.78 is 5.73. The van der Waals surface area contributed by atoms with E-state index in [1.807, 2.05) is 18.2 Å². The van der Waals surface area contributed by atoms with Crippen molar-refractivity contribution >= 4 is 11.5 Å². The van der Waals surface area contributed by atoms with E-state index in [9.17, 15) is 0 Å². The Morgan fingerprint density at radius 1 is 1.39 bits per heavy atom. The summed E-state index contributed by atoms with van der Waals surface area (Å²) in [7, 11) is 0. The lowest BCUT2D eigenvalue weighted by Crippen LogP contribution is -2.49. The molecule has 1 atom stereocenters. The highest BCUT2D eigenvalue weighted by Gasteiger charge is 2.17. The molecule has 3 rings (SSSR count). The number of nitrogens with one attached hydrogen (secondary N) is 1. The Morgan fingerprint density at radius 3 is 3.04 bits per heavy atom. The van der Waals surface area contributed by atoms with Crippen LogP contribution in [0.2, 0.25) is 0 Å². The standard InChI is InChI=1S/C17H19N5O/c1-13-11-22(9-8-19-13)16-4-3-5-17(21-16)23-12-15-7-6-14(18-2)10-20-15/h3-7,10,13,19H,8-9,11-12H2,1H3/t13-/m0/s1. The van der Waals surface area contributed by atoms with Crippen molar-refractivity contribution in [1.29, 1.82) is 0 Å². The molecule has 0 aromatic carbocycles. The van der Waals surface area contributed by atoms with Gasteiger partial charge in [0.1, 0.15) is 12.4 Å². The van der Waals surface area contributed by atoms with Gasteiger partial charge in [-0.3, -0.25) is 4.98 Å². The molecule has 0 radical (unpaired) electrons. The summed E-state index contributed by atoms with van der Waals surface area (Å²) in [5, 5.41) is 3.42. The molecular weight excluding hydrogens is 290 g/mol. The van der Waals surface area contributed by atoms with Gasteiger partial charge in [-0.15, -0.1) is 0 Å². The van der Waals surface area contributed by atoms with E-state index in [1.165, 1.54) is 0 Å². The van der Waals surface area contributed by atoms with Gasteiger partial charge in [-0.2, -0.15) is 4.98 Å². The second kappa shape index (κ2) is 7.07. The molecule has 1 aliphatic rings. The lowest BCUT2D eigenvalue weighted by Gasteiger charge is -2.32. The first-order chi connectivity index (χ1) is 11.2. The minimum absolute atomic E-state index is 0.340. The van der Waals surface area contributed by atoms with E-state index in [-0.39, 0.29) is 0 Å². The largest absolute Gasteiger partial charge is 0.471 e. The smallest absolute Gasteiger partial charge is 0.215 e. The van der Waals surface area contributed by atoms with E-state index in [1.54, 1.807) is 18.3 Å². The molecule has 0 unspecified atom stereocenters. The van der Waals surface area contributed by atoms with E-state index in [0.29, 0.717) is 24.2 Å². The van der Waals surface area contributed by atoms with Crippen LogP contribution in [0, 0.1) is 6.57 Å². The van der Waals surface area contributed by atoms with Crippen LogP contribution in [-0.2, 0) is 6.61 Å². The Hall–Kier alpha value is -2.65. The van der Waals surface area contributed by atoms with Gasteiger partial charge in [-0.05, 0) is 19.1 Å². The quantitative estimate of drug-likeness (QED) is 0.879. The molecule has 0 saturated carbocycles. The molecule has 23 heavy (non-hydrogen) atoms. The van der Waals surface area contributed by atoms with Gasteiger partial charge in [0.25, 0.3) is 0 Å². The first-order valence-electron chi connectivity index (χ1n) is 7.65. The number of rotatable bonds is 4. The maximum atomic E-state index is 6.92. The first-order valence-corrected chi connectivity index (χ1v) is 7.65. The summed E-state index contributed by atoms with van der Waals surface area (Å²) in [6.07, 6.45) is 1.55. The van der Waals surface area contributed by atoms with Crippen LogP contribution in [0.4, 0.5) is 11.5 Å². The van der Waals surface area contributed by atoms with E-state index in [0.717, 1.165) is 31.1 Å². The van der Waals surface area contributed by atoms with Crippen LogP contribution in [0.25, 0.3) is 4.85 Å². The molecule has 0 amide bonds. The van der Waals surface area contributed by atoms with Crippen molar-refractivity contribution in [3.05, 3.63) is 53.6 Å². The van der Waals surface area contributed by atoms with Gasteiger partial charge in [0, 0.05) is 37.9 Å². The Balaban J connectivity index is 1.64. The molecule has 6 nitrogen and oxygen atoms in total. The monoisotopic (exact) mass is 309 g/mol. The summed E-state index contributed by atoms with van der Waals surface area (Å²) in [5.41, 5.74) is 1.31. The van der Waals surface area contributed by atoms with Crippen molar-refractivity contribution in [3.63, 3.8) is 0 Å². The van der Waals surface area contributed by atoms with Gasteiger partial charge in [0.15, 0.2) is 0 Å². The van der Waals surface area contributed by atoms with Crippen molar-refractivity contribution in [2.75, 3.05) is 24.5 Å². The minimum atomic E-state index is 0.340. The third-order valence-electron chi connectivity index (χ3n) is 3.71. The highest BCUT2D eigenvalue weighted by molar-refractivity contribution is 5.42. The van der Waals surface area contributed by atoms with Crippen LogP contribution in [0.1, 0.15) is 12.6 Å². The molecule has 0 bridgehead atoms. The third kappa shape index (κ3) is 3.96. The summed E-state index contributed by atoms with van der Waals surface area (Å²) in [6, 6.07) is 9.82. The van der Waals surface area contributed by atoms with E-state index in [2.05, 4.69) is 32.0 Å². The highest BCUT2D eigenvalue weighted by Crippen LogP contribution is 2.18. The van der Waals surface area contributed by atoms with Gasteiger partial charge >= 0.3 is 0 Å². The highest BCUT2D eigenvalue weighted by atomic mass is 16.5. The molecule has 1 N–H and O–H groups in total. The zero-order valence-corrected chi connectivity index (χ0v) is 13.1. The minimum Gasteiger partial charge on any atom is -0.471 e. The van der Waals surface area contributed by atoms with Crippen molar-refractivity contribution in [2.45, 2.75) is 19.6 Å². The number of ether oxygens (including phenoxy) is 1. The number of hydrogen-bond acceptors (Lipinski definition) is 5. The second-order valence-corrected chi connectivity index (χ2v) is 5.54. The predicted octanol–water partition coefficient (Wildman–Crippen LogP) is 2.40. The Bertz CT molecular complexity index is 695. The Morgan fingerprint density at radius 2 is 2.30 bits per heavy atom. The molecule has 1 fully saturated rings. The molecule has 1 aliphatic heterocycles. The molecule has 2 aromatic rings. The van der Waals surface area contributed by atoms with Crippen LogP contribution >= 0.6 is 0 Å². The zero-order valence-electron chi connectivity index (χ0n) is 13.1. The third-order valence-corrected chi connectivity index (χ3v) is 3.71. The van der Waals surface area contributed by atoms with E-state index < -0.39 is 0 Å². The molecule has 0 spiro atoms. The molecule has 118 valence electrons. The maximum absolute atomic E-state index is 6.92. The zero-order chi connectivity index (χ0) is 16.1. The summed E-state index contributed by atoms with van der Waals surface area (Å²) in [4.78, 5) is 14.4. The summed E-state index contributed by atoms with van der Waals surface area (Å²) in [6.45, 7) is 12.3. The van der Waals surface area contributed by atoms with Crippen molar-refractivity contribution in [2.24, 2.45) is 0 Å². The molecule has 1 saturated heterocycles. The Labute approximate surface area is 136 Å². The fourth-order valence-electron chi connectivity index (χ4n) is 2.52. The van der Waals surface area contributed by atoms with Crippen LogP contribution < -0.4 is 15.0 Å². The van der Waals surface area contributed by atoms with Gasteiger partial charge in [-0.1, -0.05) is 12.1 Å². The number of aromatic nitrogens is 2. The van der Waals surface area contributed by atoms with Gasteiger partial charge in [-0.25, -0.2) is 4.85 Å². The molecule has 2 aromatic heterocycles. The Kier molecular flexibility index (Phi) is 4.69. The number of hydrogen-bond donors (Lipinski definition) is 1. The average molecular weight is 309 g/mol. The summed E-state index contributed by atoms with van der Waals surface area (Å²) >= 11 is 0. The fraction of sp³-hybridized carbons (Fsp3) is 0.353. The van der Waals surface area contributed by atoms with Gasteiger partial charge in [0.2, 0.25) is 11.6 Å². The van der Waals surface area contributed by atoms with Crippen molar-refractivity contribution in [1.82, 2.24) is 15.3 Å². The molecule has 0 aliphatic carbocycles. The normalized spacial score (nSPS) is 17.6. The molecule has 6 heteroatoms. The van der Waals surface area contributed by atoms with Crippen molar-refractivity contribution < 1.29 is 4.74 Å². The van der Waals surface area contributed by atoms with Crippen LogP contribution in [0.3, 0.4) is 0 Å². The fourth-order valence-corrected chi connectivity index (χ4v) is 2.52. The van der Waals surface area contributed by atoms with E-state index >= 15 is 0 Å². The average Bonchev–Trinajstić information content (AvgIpc) is 2.61. The number of piperazine rings is 1. The molecule has 3 heterocycles. The first kappa shape index (κ1) is 15.3. The van der Waals surface area contributed by atoms with Crippen LogP contribution in [0.5, 0.6) is 5.88 Å². The van der Waals surface area contributed by atoms with Crippen LogP contribution in [0.15, 0.2) is 36.5 Å². The lowest BCUT2D eigenvalue weighted by molar-refractivity contribution is 0.289. The lowest BCUT2D eigenvalue weighted by atomic mass is 10.2. The van der Waals surface area contributed by atoms with E-state index in [4.69, 9.17) is 11.3 Å². The summed E-state index contributed by atoms with van der Waals surface area (Å²) in [5.74, 6) is 1.52. The van der Waals surface area contributed by atoms with Crippen LogP contribution in [-0.4, -0.2) is 35.6 Å². The second-order valence-electron chi connectivity index (χ2n) is 5.54. The molecular formula is C17H19N5O. The van der Waals surface area contributed by atoms with Gasteiger partial charge < -0.3 is 15.0 Å². The maximum Gasteiger partial charge on any atom is 0.215 e. The number of anilines is 1. The predicted molar refractivity (Wildman–Crippen MR) is 88.7 cm³/mol. The number of pyridine rings is 2. The van der Waals surface area contributed by atoms with Gasteiger partial charge in [0.05, 0.1) is 12.3 Å². The SMILES string of the molecule is [C-]#[N+]c1ccc(COc2cccc(N3CCN[C@@H](C)C3)n2)nc1. The van der Waals surface area contributed by atoms with Crippen molar-refractivity contribution in [3.8, 4) is 5.88 Å². The topological polar surface area (TPSA) is 54.6 Å².